The molecular formula is C14H21N3S. The van der Waals surface area contributed by atoms with Crippen molar-refractivity contribution in [1.29, 1.82) is 0 Å². The van der Waals surface area contributed by atoms with Crippen LogP contribution in [0.25, 0.3) is 0 Å². The van der Waals surface area contributed by atoms with Crippen molar-refractivity contribution in [2.24, 2.45) is 0 Å². The zero-order valence-electron chi connectivity index (χ0n) is 11.3. The average molecular weight is 263 g/mol. The summed E-state index contributed by atoms with van der Waals surface area (Å²) in [7, 11) is 0. The molecule has 0 aliphatic carbocycles. The van der Waals surface area contributed by atoms with E-state index in [0.29, 0.717) is 12.0 Å². The molecule has 0 aromatic carbocycles. The molecule has 0 radical (unpaired) electrons. The van der Waals surface area contributed by atoms with Gasteiger partial charge in [-0.15, -0.1) is 11.3 Å². The molecule has 18 heavy (non-hydrogen) atoms. The number of imidazole rings is 1. The maximum absolute atomic E-state index is 4.43. The van der Waals surface area contributed by atoms with E-state index in [-0.39, 0.29) is 0 Å². The third-order valence-corrected chi connectivity index (χ3v) is 3.89. The fourth-order valence-electron chi connectivity index (χ4n) is 2.06. The smallest absolute Gasteiger partial charge is 0.111 e. The van der Waals surface area contributed by atoms with Crippen LogP contribution in [0.4, 0.5) is 0 Å². The average Bonchev–Trinajstić information content (AvgIpc) is 2.99. The first-order valence-corrected chi connectivity index (χ1v) is 7.32. The van der Waals surface area contributed by atoms with Gasteiger partial charge in [0.05, 0.1) is 0 Å². The largest absolute Gasteiger partial charge is 0.331 e. The minimum atomic E-state index is 0.435. The Bertz CT molecular complexity index is 459. The minimum absolute atomic E-state index is 0.435. The first-order chi connectivity index (χ1) is 8.68. The molecule has 2 heterocycles. The van der Waals surface area contributed by atoms with Crippen LogP contribution in [0.1, 0.15) is 43.4 Å². The lowest BCUT2D eigenvalue weighted by atomic mass is 10.2. The van der Waals surface area contributed by atoms with Gasteiger partial charge < -0.3 is 9.88 Å². The van der Waals surface area contributed by atoms with Crippen LogP contribution in [0.2, 0.25) is 0 Å². The highest BCUT2D eigenvalue weighted by Gasteiger charge is 2.12. The standard InChI is InChI=1S/C14H21N3S/c1-11(2)14-16-6-7-17(14)12(3)9-15-10-13-5-4-8-18-13/h4-8,11-12,15H,9-10H2,1-3H3. The van der Waals surface area contributed by atoms with Gasteiger partial charge in [-0.3, -0.25) is 0 Å². The van der Waals surface area contributed by atoms with Crippen molar-refractivity contribution < 1.29 is 0 Å². The molecule has 0 fully saturated rings. The van der Waals surface area contributed by atoms with Gasteiger partial charge >= 0.3 is 0 Å². The molecule has 2 aromatic heterocycles. The zero-order chi connectivity index (χ0) is 13.0. The van der Waals surface area contributed by atoms with E-state index < -0.39 is 0 Å². The predicted molar refractivity (Wildman–Crippen MR) is 77.1 cm³/mol. The number of nitrogens with one attached hydrogen (secondary N) is 1. The topological polar surface area (TPSA) is 29.9 Å². The van der Waals surface area contributed by atoms with Gasteiger partial charge in [0.1, 0.15) is 5.82 Å². The van der Waals surface area contributed by atoms with Gasteiger partial charge in [-0.2, -0.15) is 0 Å². The summed E-state index contributed by atoms with van der Waals surface area (Å²) in [5, 5.41) is 5.62. The first-order valence-electron chi connectivity index (χ1n) is 6.44. The van der Waals surface area contributed by atoms with Gasteiger partial charge in [-0.25, -0.2) is 4.98 Å². The summed E-state index contributed by atoms with van der Waals surface area (Å²) in [6, 6.07) is 4.70. The van der Waals surface area contributed by atoms with Crippen molar-refractivity contribution >= 4 is 11.3 Å². The lowest BCUT2D eigenvalue weighted by Gasteiger charge is -2.18. The van der Waals surface area contributed by atoms with Gasteiger partial charge in [0.2, 0.25) is 0 Å². The lowest BCUT2D eigenvalue weighted by Crippen LogP contribution is -2.24. The molecule has 1 atom stereocenters. The Hall–Kier alpha value is -1.13. The second kappa shape index (κ2) is 6.16. The quantitative estimate of drug-likeness (QED) is 0.865. The molecule has 2 aromatic rings. The highest BCUT2D eigenvalue weighted by Crippen LogP contribution is 2.16. The van der Waals surface area contributed by atoms with Crippen LogP contribution in [0.15, 0.2) is 29.9 Å². The van der Waals surface area contributed by atoms with Gasteiger partial charge in [0, 0.05) is 42.3 Å². The van der Waals surface area contributed by atoms with E-state index in [1.165, 1.54) is 10.7 Å². The highest BCUT2D eigenvalue weighted by molar-refractivity contribution is 7.09. The molecule has 0 bridgehead atoms. The SMILES string of the molecule is CC(C)c1nccn1C(C)CNCc1cccs1. The van der Waals surface area contributed by atoms with Crippen LogP contribution in [-0.4, -0.2) is 16.1 Å². The number of hydrogen-bond acceptors (Lipinski definition) is 3. The van der Waals surface area contributed by atoms with Crippen LogP contribution in [0.5, 0.6) is 0 Å². The zero-order valence-corrected chi connectivity index (χ0v) is 12.1. The summed E-state index contributed by atoms with van der Waals surface area (Å²) in [4.78, 5) is 5.82. The Morgan fingerprint density at radius 3 is 2.89 bits per heavy atom. The summed E-state index contributed by atoms with van der Waals surface area (Å²) < 4.78 is 2.27. The van der Waals surface area contributed by atoms with Crippen LogP contribution in [0.3, 0.4) is 0 Å². The number of thiophene rings is 1. The maximum atomic E-state index is 4.43. The van der Waals surface area contributed by atoms with E-state index >= 15 is 0 Å². The van der Waals surface area contributed by atoms with E-state index in [1.807, 2.05) is 6.20 Å². The summed E-state index contributed by atoms with van der Waals surface area (Å²) in [5.74, 6) is 1.64. The first kappa shape index (κ1) is 13.3. The molecule has 0 saturated heterocycles. The van der Waals surface area contributed by atoms with Gasteiger partial charge in [-0.05, 0) is 18.4 Å². The fourth-order valence-corrected chi connectivity index (χ4v) is 2.73. The normalized spacial score (nSPS) is 13.1. The minimum Gasteiger partial charge on any atom is -0.331 e. The molecule has 98 valence electrons. The van der Waals surface area contributed by atoms with Crippen LogP contribution in [-0.2, 0) is 6.54 Å². The molecular weight excluding hydrogens is 242 g/mol. The number of aromatic nitrogens is 2. The molecule has 1 N–H and O–H groups in total. The molecule has 0 aliphatic rings. The summed E-state index contributed by atoms with van der Waals surface area (Å²) >= 11 is 1.80. The van der Waals surface area contributed by atoms with Crippen LogP contribution >= 0.6 is 11.3 Å². The van der Waals surface area contributed by atoms with Crippen LogP contribution in [0, 0.1) is 0 Å². The molecule has 0 spiro atoms. The van der Waals surface area contributed by atoms with Crippen molar-refractivity contribution in [3.8, 4) is 0 Å². The summed E-state index contributed by atoms with van der Waals surface area (Å²) in [6.07, 6.45) is 3.97. The molecule has 4 heteroatoms. The van der Waals surface area contributed by atoms with E-state index in [9.17, 15) is 0 Å². The Morgan fingerprint density at radius 2 is 2.22 bits per heavy atom. The van der Waals surface area contributed by atoms with E-state index in [2.05, 4.69) is 59.3 Å². The Labute approximate surface area is 113 Å². The van der Waals surface area contributed by atoms with Crippen molar-refractivity contribution in [2.45, 2.75) is 39.3 Å². The molecule has 3 nitrogen and oxygen atoms in total. The summed E-state index contributed by atoms with van der Waals surface area (Å²) in [5.41, 5.74) is 0. The third-order valence-electron chi connectivity index (χ3n) is 3.01. The van der Waals surface area contributed by atoms with Crippen LogP contribution < -0.4 is 5.32 Å². The molecule has 0 saturated carbocycles. The molecule has 0 amide bonds. The van der Waals surface area contributed by atoms with Crippen molar-refractivity contribution in [2.75, 3.05) is 6.54 Å². The highest BCUT2D eigenvalue weighted by atomic mass is 32.1. The second-order valence-corrected chi connectivity index (χ2v) is 5.94. The number of rotatable bonds is 6. The number of hydrogen-bond donors (Lipinski definition) is 1. The van der Waals surface area contributed by atoms with Crippen molar-refractivity contribution in [3.05, 3.63) is 40.6 Å². The number of nitrogens with zero attached hydrogens (tertiary/aromatic N) is 2. The Morgan fingerprint density at radius 1 is 1.39 bits per heavy atom. The van der Waals surface area contributed by atoms with E-state index in [1.54, 1.807) is 11.3 Å². The maximum Gasteiger partial charge on any atom is 0.111 e. The second-order valence-electron chi connectivity index (χ2n) is 4.91. The predicted octanol–water partition coefficient (Wildman–Crippen LogP) is 3.42. The lowest BCUT2D eigenvalue weighted by molar-refractivity contribution is 0.471. The molecule has 2 rings (SSSR count). The summed E-state index contributed by atoms with van der Waals surface area (Å²) in [6.45, 7) is 8.52. The Balaban J connectivity index is 1.87. The molecule has 0 aliphatic heterocycles. The van der Waals surface area contributed by atoms with Crippen molar-refractivity contribution in [1.82, 2.24) is 14.9 Å². The van der Waals surface area contributed by atoms with Gasteiger partial charge in [-0.1, -0.05) is 19.9 Å². The van der Waals surface area contributed by atoms with E-state index in [0.717, 1.165) is 13.1 Å². The Kier molecular flexibility index (Phi) is 4.55. The molecule has 1 unspecified atom stereocenters. The van der Waals surface area contributed by atoms with Gasteiger partial charge in [0.25, 0.3) is 0 Å². The van der Waals surface area contributed by atoms with E-state index in [4.69, 9.17) is 0 Å². The van der Waals surface area contributed by atoms with Gasteiger partial charge in [0.15, 0.2) is 0 Å². The van der Waals surface area contributed by atoms with Crippen molar-refractivity contribution in [3.63, 3.8) is 0 Å². The third kappa shape index (κ3) is 3.21. The fraction of sp³-hybridized carbons (Fsp3) is 0.500. The monoisotopic (exact) mass is 263 g/mol.